The van der Waals surface area contributed by atoms with E-state index in [1.54, 1.807) is 13.3 Å². The third-order valence-corrected chi connectivity index (χ3v) is 3.81. The van der Waals surface area contributed by atoms with Crippen LogP contribution in [0, 0.1) is 0 Å². The van der Waals surface area contributed by atoms with Crippen molar-refractivity contribution >= 4 is 11.9 Å². The molecule has 3 rings (SSSR count). The van der Waals surface area contributed by atoms with Crippen molar-refractivity contribution in [2.45, 2.75) is 26.2 Å². The summed E-state index contributed by atoms with van der Waals surface area (Å²) in [6.45, 7) is 6.83. The summed E-state index contributed by atoms with van der Waals surface area (Å²) in [7, 11) is 1.63. The Hall–Kier alpha value is -2.49. The smallest absolute Gasteiger partial charge is 0.231 e. The Kier molecular flexibility index (Phi) is 3.99. The summed E-state index contributed by atoms with van der Waals surface area (Å²) in [5.41, 5.74) is 3.19. The van der Waals surface area contributed by atoms with E-state index >= 15 is 0 Å². The number of nitrogens with zero attached hydrogens (tertiary/aromatic N) is 1. The first-order chi connectivity index (χ1) is 11.0. The number of hydrogen-bond donors (Lipinski definition) is 0. The van der Waals surface area contributed by atoms with Crippen LogP contribution in [0.2, 0.25) is 0 Å². The van der Waals surface area contributed by atoms with Crippen molar-refractivity contribution in [2.24, 2.45) is 4.99 Å². The molecule has 0 amide bonds. The molecular formula is C19H21NO3. The van der Waals surface area contributed by atoms with Gasteiger partial charge in [0.15, 0.2) is 11.5 Å². The topological polar surface area (TPSA) is 40.0 Å². The minimum atomic E-state index is 0.142. The highest BCUT2D eigenvalue weighted by Gasteiger charge is 2.17. The van der Waals surface area contributed by atoms with Crippen LogP contribution in [-0.4, -0.2) is 20.1 Å². The van der Waals surface area contributed by atoms with Crippen molar-refractivity contribution in [3.8, 4) is 17.2 Å². The zero-order chi connectivity index (χ0) is 16.4. The lowest BCUT2D eigenvalue weighted by Gasteiger charge is -2.18. The van der Waals surface area contributed by atoms with Crippen LogP contribution in [0.5, 0.6) is 17.2 Å². The molecule has 23 heavy (non-hydrogen) atoms. The second-order valence-electron chi connectivity index (χ2n) is 6.50. The number of fused-ring (bicyclic) bond motifs is 1. The van der Waals surface area contributed by atoms with E-state index in [4.69, 9.17) is 14.2 Å². The maximum Gasteiger partial charge on any atom is 0.231 e. The van der Waals surface area contributed by atoms with Gasteiger partial charge in [0.1, 0.15) is 5.75 Å². The van der Waals surface area contributed by atoms with Crippen LogP contribution in [-0.2, 0) is 5.41 Å². The Balaban J connectivity index is 1.85. The average molecular weight is 311 g/mol. The van der Waals surface area contributed by atoms with Crippen molar-refractivity contribution in [3.05, 3.63) is 47.5 Å². The van der Waals surface area contributed by atoms with Gasteiger partial charge in [-0.25, -0.2) is 0 Å². The van der Waals surface area contributed by atoms with Gasteiger partial charge in [0, 0.05) is 17.8 Å². The normalized spacial score (nSPS) is 13.6. The largest absolute Gasteiger partial charge is 0.496 e. The van der Waals surface area contributed by atoms with E-state index < -0.39 is 0 Å². The van der Waals surface area contributed by atoms with Crippen LogP contribution in [0.25, 0.3) is 0 Å². The molecule has 0 spiro atoms. The molecule has 0 saturated heterocycles. The number of ether oxygens (including phenoxy) is 3. The monoisotopic (exact) mass is 311 g/mol. The minimum absolute atomic E-state index is 0.142. The highest BCUT2D eigenvalue weighted by atomic mass is 16.7. The van der Waals surface area contributed by atoms with E-state index in [-0.39, 0.29) is 12.2 Å². The van der Waals surface area contributed by atoms with Gasteiger partial charge in [-0.05, 0) is 29.2 Å². The van der Waals surface area contributed by atoms with Crippen LogP contribution in [0.3, 0.4) is 0 Å². The molecule has 2 aromatic rings. The van der Waals surface area contributed by atoms with Gasteiger partial charge in [0.2, 0.25) is 6.79 Å². The highest BCUT2D eigenvalue weighted by molar-refractivity contribution is 5.87. The van der Waals surface area contributed by atoms with Crippen molar-refractivity contribution in [1.82, 2.24) is 0 Å². The summed E-state index contributed by atoms with van der Waals surface area (Å²) >= 11 is 0. The van der Waals surface area contributed by atoms with E-state index in [0.29, 0.717) is 11.5 Å². The molecule has 0 unspecified atom stereocenters. The summed E-state index contributed by atoms with van der Waals surface area (Å²) in [5.74, 6) is 2.13. The van der Waals surface area contributed by atoms with Gasteiger partial charge >= 0.3 is 0 Å². The maximum absolute atomic E-state index is 5.40. The number of aliphatic imine (C=N–C) groups is 1. The van der Waals surface area contributed by atoms with Gasteiger partial charge in [-0.15, -0.1) is 0 Å². The fraction of sp³-hybridized carbons (Fsp3) is 0.316. The molecule has 4 nitrogen and oxygen atoms in total. The quantitative estimate of drug-likeness (QED) is 0.785. The molecule has 0 bridgehead atoms. The molecular weight excluding hydrogens is 290 g/mol. The van der Waals surface area contributed by atoms with Crippen molar-refractivity contribution in [2.75, 3.05) is 13.9 Å². The summed E-state index contributed by atoms with van der Waals surface area (Å²) < 4.78 is 16.2. The lowest BCUT2D eigenvalue weighted by atomic mass is 9.87. The first-order valence-electron chi connectivity index (χ1n) is 7.59. The van der Waals surface area contributed by atoms with Crippen molar-refractivity contribution < 1.29 is 14.2 Å². The van der Waals surface area contributed by atoms with Gasteiger partial charge in [-0.3, -0.25) is 4.99 Å². The van der Waals surface area contributed by atoms with E-state index in [1.165, 1.54) is 5.56 Å². The van der Waals surface area contributed by atoms with Crippen LogP contribution >= 0.6 is 0 Å². The molecule has 0 N–H and O–H groups in total. The van der Waals surface area contributed by atoms with Gasteiger partial charge in [0.25, 0.3) is 0 Å². The van der Waals surface area contributed by atoms with E-state index in [0.717, 1.165) is 17.0 Å². The number of rotatable bonds is 3. The molecule has 0 aliphatic carbocycles. The van der Waals surface area contributed by atoms with Gasteiger partial charge in [-0.2, -0.15) is 0 Å². The second kappa shape index (κ2) is 5.95. The summed E-state index contributed by atoms with van der Waals surface area (Å²) in [6.07, 6.45) is 1.78. The van der Waals surface area contributed by atoms with Crippen LogP contribution < -0.4 is 14.2 Å². The van der Waals surface area contributed by atoms with Gasteiger partial charge in [-0.1, -0.05) is 32.9 Å². The van der Waals surface area contributed by atoms with Crippen molar-refractivity contribution in [3.63, 3.8) is 0 Å². The molecule has 120 valence electrons. The molecule has 1 heterocycles. The number of benzene rings is 2. The first-order valence-corrected chi connectivity index (χ1v) is 7.59. The molecule has 0 fully saturated rings. The fourth-order valence-corrected chi connectivity index (χ4v) is 2.41. The lowest BCUT2D eigenvalue weighted by Crippen LogP contribution is -2.10. The molecule has 4 heteroatoms. The first kappa shape index (κ1) is 15.4. The molecule has 0 radical (unpaired) electrons. The van der Waals surface area contributed by atoms with E-state index in [2.05, 4.69) is 37.9 Å². The van der Waals surface area contributed by atoms with Crippen LogP contribution in [0.15, 0.2) is 41.4 Å². The molecule has 0 saturated carbocycles. The second-order valence-corrected chi connectivity index (χ2v) is 6.50. The van der Waals surface area contributed by atoms with Crippen LogP contribution in [0.1, 0.15) is 31.9 Å². The predicted octanol–water partition coefficient (Wildman–Crippen LogP) is 4.47. The SMILES string of the molecule is COc1cc2c(cc1C=Nc1ccc(C(C)(C)C)cc1)OCO2. The molecule has 0 atom stereocenters. The predicted molar refractivity (Wildman–Crippen MR) is 91.5 cm³/mol. The number of methoxy groups -OCH3 is 1. The fourth-order valence-electron chi connectivity index (χ4n) is 2.41. The Bertz CT molecular complexity index is 728. The van der Waals surface area contributed by atoms with E-state index in [9.17, 15) is 0 Å². The third kappa shape index (κ3) is 3.31. The Morgan fingerprint density at radius 2 is 1.70 bits per heavy atom. The van der Waals surface area contributed by atoms with Crippen LogP contribution in [0.4, 0.5) is 5.69 Å². The standard InChI is InChI=1S/C19H21NO3/c1-19(2,3)14-5-7-15(8-6-14)20-11-13-9-17-18(23-12-22-17)10-16(13)21-4/h5-11H,12H2,1-4H3. The summed E-state index contributed by atoms with van der Waals surface area (Å²) in [4.78, 5) is 4.53. The summed E-state index contributed by atoms with van der Waals surface area (Å²) in [6, 6.07) is 12.0. The zero-order valence-corrected chi connectivity index (χ0v) is 13.9. The molecule has 0 aromatic heterocycles. The Morgan fingerprint density at radius 3 is 2.30 bits per heavy atom. The zero-order valence-electron chi connectivity index (χ0n) is 13.9. The Labute approximate surface area is 136 Å². The molecule has 1 aliphatic heterocycles. The summed E-state index contributed by atoms with van der Waals surface area (Å²) in [5, 5.41) is 0. The van der Waals surface area contributed by atoms with Gasteiger partial charge in [0.05, 0.1) is 12.8 Å². The third-order valence-electron chi connectivity index (χ3n) is 3.81. The Morgan fingerprint density at radius 1 is 1.04 bits per heavy atom. The van der Waals surface area contributed by atoms with E-state index in [1.807, 2.05) is 24.3 Å². The average Bonchev–Trinajstić information content (AvgIpc) is 2.98. The number of hydrogen-bond acceptors (Lipinski definition) is 4. The molecule has 1 aliphatic rings. The van der Waals surface area contributed by atoms with Gasteiger partial charge < -0.3 is 14.2 Å². The molecule has 2 aromatic carbocycles. The van der Waals surface area contributed by atoms with Crippen molar-refractivity contribution in [1.29, 1.82) is 0 Å². The minimum Gasteiger partial charge on any atom is -0.496 e. The highest BCUT2D eigenvalue weighted by Crippen LogP contribution is 2.37. The maximum atomic E-state index is 5.40. The lowest BCUT2D eigenvalue weighted by molar-refractivity contribution is 0.174.